The Hall–Kier alpha value is -0.900. The summed E-state index contributed by atoms with van der Waals surface area (Å²) in [4.78, 5) is 10.3. The number of methoxy groups -OCH3 is 1. The number of hydrogen-bond acceptors (Lipinski definition) is 3. The van der Waals surface area contributed by atoms with Crippen LogP contribution in [-0.4, -0.2) is 25.8 Å². The second-order valence-corrected chi connectivity index (χ2v) is 1.91. The van der Waals surface area contributed by atoms with Crippen molar-refractivity contribution < 1.29 is 18.7 Å². The minimum Gasteiger partial charge on any atom is -0.450 e. The van der Waals surface area contributed by atoms with Gasteiger partial charge in [-0.3, -0.25) is 0 Å². The van der Waals surface area contributed by atoms with E-state index in [1.165, 1.54) is 7.11 Å². The molecule has 0 radical (unpaired) electrons. The van der Waals surface area contributed by atoms with Crippen molar-refractivity contribution in [1.82, 2.24) is 0 Å². The Labute approximate surface area is 57.4 Å². The fourth-order valence-corrected chi connectivity index (χ4v) is 0.705. The molecule has 0 saturated carbocycles. The summed E-state index contributed by atoms with van der Waals surface area (Å²) in [6, 6.07) is 0. The Morgan fingerprint density at radius 3 is 3.00 bits per heavy atom. The van der Waals surface area contributed by atoms with E-state index in [0.29, 0.717) is 0 Å². The van der Waals surface area contributed by atoms with E-state index in [1.807, 2.05) is 0 Å². The van der Waals surface area contributed by atoms with E-state index in [1.54, 1.807) is 0 Å². The van der Waals surface area contributed by atoms with E-state index in [2.05, 4.69) is 9.47 Å². The molecule has 0 bridgehead atoms. The molecule has 0 N–H and O–H groups in total. The Bertz CT molecular complexity index is 176. The van der Waals surface area contributed by atoms with Gasteiger partial charge in [-0.25, -0.2) is 4.79 Å². The number of esters is 1. The summed E-state index contributed by atoms with van der Waals surface area (Å²) in [7, 11) is 1.46. The molecule has 0 amide bonds. The van der Waals surface area contributed by atoms with E-state index >= 15 is 0 Å². The van der Waals surface area contributed by atoms with Gasteiger partial charge in [0, 0.05) is 13.2 Å². The first-order valence-corrected chi connectivity index (χ1v) is 2.81. The smallest absolute Gasteiger partial charge is 0.367 e. The fourth-order valence-electron chi connectivity index (χ4n) is 0.705. The van der Waals surface area contributed by atoms with Crippen LogP contribution in [0.2, 0.25) is 0 Å². The molecule has 1 heterocycles. The number of ether oxygens (including phenoxy) is 2. The molecule has 0 saturated heterocycles. The lowest BCUT2D eigenvalue weighted by Crippen LogP contribution is -2.13. The zero-order valence-corrected chi connectivity index (χ0v) is 5.46. The van der Waals surface area contributed by atoms with Crippen molar-refractivity contribution in [2.75, 3.05) is 13.7 Å². The summed E-state index contributed by atoms with van der Waals surface area (Å²) in [5, 5.41) is 0. The van der Waals surface area contributed by atoms with Crippen LogP contribution in [0.15, 0.2) is 11.9 Å². The lowest BCUT2D eigenvalue weighted by Gasteiger charge is -2.03. The van der Waals surface area contributed by atoms with E-state index in [0.717, 1.165) is 6.08 Å². The SMILES string of the molecule is COCC1C=C(F)C(=O)O1. The van der Waals surface area contributed by atoms with Crippen LogP contribution in [-0.2, 0) is 14.3 Å². The van der Waals surface area contributed by atoms with Gasteiger partial charge in [0.25, 0.3) is 0 Å². The molecule has 1 unspecified atom stereocenters. The summed E-state index contributed by atoms with van der Waals surface area (Å²) in [5.41, 5.74) is 0. The molecule has 0 aromatic rings. The zero-order valence-electron chi connectivity index (χ0n) is 5.46. The van der Waals surface area contributed by atoms with Crippen LogP contribution in [0.5, 0.6) is 0 Å². The Kier molecular flexibility index (Phi) is 2.01. The van der Waals surface area contributed by atoms with Crippen LogP contribution in [0.3, 0.4) is 0 Å². The normalized spacial score (nSPS) is 24.4. The monoisotopic (exact) mass is 146 g/mol. The van der Waals surface area contributed by atoms with Gasteiger partial charge >= 0.3 is 5.97 Å². The number of carbonyl (C=O) groups is 1. The van der Waals surface area contributed by atoms with Crippen molar-refractivity contribution in [2.24, 2.45) is 0 Å². The molecule has 1 aliphatic heterocycles. The molecular weight excluding hydrogens is 139 g/mol. The molecule has 0 aliphatic carbocycles. The molecule has 1 atom stereocenters. The molecule has 1 rings (SSSR count). The van der Waals surface area contributed by atoms with Gasteiger partial charge in [0.1, 0.15) is 6.10 Å². The third kappa shape index (κ3) is 1.33. The predicted molar refractivity (Wildman–Crippen MR) is 30.9 cm³/mol. The summed E-state index contributed by atoms with van der Waals surface area (Å²) >= 11 is 0. The van der Waals surface area contributed by atoms with Crippen LogP contribution < -0.4 is 0 Å². The van der Waals surface area contributed by atoms with Gasteiger partial charge in [-0.2, -0.15) is 4.39 Å². The number of cyclic esters (lactones) is 1. The summed E-state index contributed by atoms with van der Waals surface area (Å²) in [6.45, 7) is 0.208. The van der Waals surface area contributed by atoms with Crippen molar-refractivity contribution >= 4 is 5.97 Å². The second kappa shape index (κ2) is 2.79. The van der Waals surface area contributed by atoms with Crippen molar-refractivity contribution in [3.05, 3.63) is 11.9 Å². The summed E-state index contributed by atoms with van der Waals surface area (Å²) in [6.07, 6.45) is 0.559. The zero-order chi connectivity index (χ0) is 7.56. The van der Waals surface area contributed by atoms with Gasteiger partial charge in [-0.1, -0.05) is 0 Å². The predicted octanol–water partition coefficient (Wildman–Crippen LogP) is 0.412. The second-order valence-electron chi connectivity index (χ2n) is 1.91. The third-order valence-corrected chi connectivity index (χ3v) is 1.12. The largest absolute Gasteiger partial charge is 0.450 e. The molecule has 1 aliphatic rings. The van der Waals surface area contributed by atoms with Crippen molar-refractivity contribution in [1.29, 1.82) is 0 Å². The summed E-state index contributed by atoms with van der Waals surface area (Å²) in [5.74, 6) is -1.73. The van der Waals surface area contributed by atoms with Gasteiger partial charge in [0.15, 0.2) is 0 Å². The highest BCUT2D eigenvalue weighted by Crippen LogP contribution is 2.13. The topological polar surface area (TPSA) is 35.5 Å². The van der Waals surface area contributed by atoms with E-state index in [-0.39, 0.29) is 6.61 Å². The molecule has 10 heavy (non-hydrogen) atoms. The quantitative estimate of drug-likeness (QED) is 0.529. The van der Waals surface area contributed by atoms with Gasteiger partial charge in [0.2, 0.25) is 5.83 Å². The highest BCUT2D eigenvalue weighted by atomic mass is 19.1. The molecule has 4 heteroatoms. The number of hydrogen-bond donors (Lipinski definition) is 0. The lowest BCUT2D eigenvalue weighted by molar-refractivity contribution is -0.142. The van der Waals surface area contributed by atoms with E-state index in [4.69, 9.17) is 0 Å². The van der Waals surface area contributed by atoms with Gasteiger partial charge in [-0.05, 0) is 0 Å². The molecule has 0 fully saturated rings. The van der Waals surface area contributed by atoms with Crippen molar-refractivity contribution in [3.63, 3.8) is 0 Å². The fraction of sp³-hybridized carbons (Fsp3) is 0.500. The van der Waals surface area contributed by atoms with E-state index in [9.17, 15) is 9.18 Å². The molecule has 0 aromatic carbocycles. The van der Waals surface area contributed by atoms with Crippen LogP contribution >= 0.6 is 0 Å². The van der Waals surface area contributed by atoms with E-state index < -0.39 is 17.9 Å². The molecular formula is C6H7FO3. The maximum absolute atomic E-state index is 12.2. The first-order valence-electron chi connectivity index (χ1n) is 2.81. The minimum atomic E-state index is -0.901. The van der Waals surface area contributed by atoms with Crippen LogP contribution in [0, 0.1) is 0 Å². The van der Waals surface area contributed by atoms with Crippen LogP contribution in [0.1, 0.15) is 0 Å². The van der Waals surface area contributed by atoms with Crippen molar-refractivity contribution in [2.45, 2.75) is 6.10 Å². The Balaban J connectivity index is 2.48. The minimum absolute atomic E-state index is 0.208. The highest BCUT2D eigenvalue weighted by Gasteiger charge is 2.24. The summed E-state index contributed by atoms with van der Waals surface area (Å²) < 4.78 is 21.3. The maximum Gasteiger partial charge on any atom is 0.367 e. The average Bonchev–Trinajstić information content (AvgIpc) is 2.14. The standard InChI is InChI=1S/C6H7FO3/c1-9-3-4-2-5(7)6(8)10-4/h2,4H,3H2,1H3. The van der Waals surface area contributed by atoms with Crippen molar-refractivity contribution in [3.8, 4) is 0 Å². The first kappa shape index (κ1) is 7.21. The van der Waals surface area contributed by atoms with Gasteiger partial charge in [-0.15, -0.1) is 0 Å². The van der Waals surface area contributed by atoms with Crippen LogP contribution in [0.25, 0.3) is 0 Å². The number of halogens is 1. The first-order chi connectivity index (χ1) is 4.74. The number of carbonyl (C=O) groups excluding carboxylic acids is 1. The lowest BCUT2D eigenvalue weighted by atomic mass is 10.4. The number of rotatable bonds is 2. The average molecular weight is 146 g/mol. The van der Waals surface area contributed by atoms with Gasteiger partial charge in [0.05, 0.1) is 6.61 Å². The van der Waals surface area contributed by atoms with Gasteiger partial charge < -0.3 is 9.47 Å². The molecule has 0 aromatic heterocycles. The maximum atomic E-state index is 12.2. The highest BCUT2D eigenvalue weighted by molar-refractivity contribution is 5.88. The van der Waals surface area contributed by atoms with Crippen LogP contribution in [0.4, 0.5) is 4.39 Å². The third-order valence-electron chi connectivity index (χ3n) is 1.12. The Morgan fingerprint density at radius 1 is 1.90 bits per heavy atom. The molecule has 0 spiro atoms. The molecule has 3 nitrogen and oxygen atoms in total. The Morgan fingerprint density at radius 2 is 2.60 bits per heavy atom. The molecule has 56 valence electrons.